The van der Waals surface area contributed by atoms with Crippen molar-refractivity contribution >= 4 is 5.97 Å². The van der Waals surface area contributed by atoms with Gasteiger partial charge < -0.3 is 10.2 Å². The van der Waals surface area contributed by atoms with Gasteiger partial charge in [-0.15, -0.1) is 0 Å². The number of allylic oxidation sites excluding steroid dienone is 1. The van der Waals surface area contributed by atoms with Crippen molar-refractivity contribution in [2.24, 2.45) is 5.41 Å². The van der Waals surface area contributed by atoms with Gasteiger partial charge in [0.15, 0.2) is 0 Å². The summed E-state index contributed by atoms with van der Waals surface area (Å²) in [6.07, 6.45) is 1.55. The van der Waals surface area contributed by atoms with Crippen LogP contribution in [0.5, 0.6) is 0 Å². The zero-order chi connectivity index (χ0) is 9.07. The summed E-state index contributed by atoms with van der Waals surface area (Å²) in [7, 11) is 0. The minimum Gasteiger partial charge on any atom is -0.478 e. The van der Waals surface area contributed by atoms with E-state index in [1.165, 1.54) is 0 Å². The highest BCUT2D eigenvalue weighted by Gasteiger charge is 2.12. The summed E-state index contributed by atoms with van der Waals surface area (Å²) in [5.41, 5.74) is -0.145. The largest absolute Gasteiger partial charge is 0.478 e. The first-order valence-electron chi connectivity index (χ1n) is 3.42. The molecule has 0 rings (SSSR count). The number of aliphatic hydroxyl groups excluding tert-OH is 1. The molecule has 0 aromatic carbocycles. The van der Waals surface area contributed by atoms with E-state index in [4.69, 9.17) is 10.2 Å². The zero-order valence-corrected chi connectivity index (χ0v) is 7.09. The number of hydrogen-bond donors (Lipinski definition) is 2. The van der Waals surface area contributed by atoms with Gasteiger partial charge in [-0.25, -0.2) is 4.79 Å². The van der Waals surface area contributed by atoms with Crippen molar-refractivity contribution < 1.29 is 15.0 Å². The van der Waals surface area contributed by atoms with Gasteiger partial charge in [0.1, 0.15) is 0 Å². The SMILES string of the molecule is CC(C)(C)C=C(CO)C(=O)O. The molecule has 0 radical (unpaired) electrons. The fourth-order valence-electron chi connectivity index (χ4n) is 0.698. The van der Waals surface area contributed by atoms with Crippen LogP contribution in [0, 0.1) is 5.41 Å². The molecule has 0 heterocycles. The maximum absolute atomic E-state index is 10.4. The molecule has 0 amide bonds. The molecule has 0 bridgehead atoms. The van der Waals surface area contributed by atoms with Gasteiger partial charge in [-0.1, -0.05) is 26.8 Å². The molecule has 11 heavy (non-hydrogen) atoms. The van der Waals surface area contributed by atoms with Crippen LogP contribution in [-0.2, 0) is 4.79 Å². The Bertz CT molecular complexity index is 174. The van der Waals surface area contributed by atoms with Crippen LogP contribution >= 0.6 is 0 Å². The highest BCUT2D eigenvalue weighted by molar-refractivity contribution is 5.86. The number of rotatable bonds is 2. The molecular weight excluding hydrogens is 144 g/mol. The normalized spacial score (nSPS) is 13.3. The molecule has 0 atom stereocenters. The minimum atomic E-state index is -1.05. The van der Waals surface area contributed by atoms with E-state index >= 15 is 0 Å². The van der Waals surface area contributed by atoms with Crippen LogP contribution in [0.25, 0.3) is 0 Å². The van der Waals surface area contributed by atoms with Gasteiger partial charge in [-0.3, -0.25) is 0 Å². The standard InChI is InChI=1S/C8H14O3/c1-8(2,3)4-6(5-9)7(10)11/h4,9H,5H2,1-3H3,(H,10,11). The molecule has 0 unspecified atom stereocenters. The third-order valence-corrected chi connectivity index (χ3v) is 1.05. The molecule has 3 heteroatoms. The molecule has 64 valence electrons. The first-order chi connectivity index (χ1) is 4.87. The second-order valence-electron chi connectivity index (χ2n) is 3.50. The van der Waals surface area contributed by atoms with Crippen molar-refractivity contribution in [1.82, 2.24) is 0 Å². The summed E-state index contributed by atoms with van der Waals surface area (Å²) in [6, 6.07) is 0. The summed E-state index contributed by atoms with van der Waals surface area (Å²) < 4.78 is 0. The maximum atomic E-state index is 10.4. The van der Waals surface area contributed by atoms with E-state index in [2.05, 4.69) is 0 Å². The fourth-order valence-corrected chi connectivity index (χ4v) is 0.698. The Labute approximate surface area is 66.4 Å². The highest BCUT2D eigenvalue weighted by atomic mass is 16.4. The molecule has 2 N–H and O–H groups in total. The predicted molar refractivity (Wildman–Crippen MR) is 42.3 cm³/mol. The zero-order valence-electron chi connectivity index (χ0n) is 7.09. The Balaban J connectivity index is 4.49. The number of carboxylic acids is 1. The van der Waals surface area contributed by atoms with Crippen LogP contribution < -0.4 is 0 Å². The third-order valence-electron chi connectivity index (χ3n) is 1.05. The van der Waals surface area contributed by atoms with E-state index < -0.39 is 12.6 Å². The maximum Gasteiger partial charge on any atom is 0.333 e. The van der Waals surface area contributed by atoms with E-state index in [1.807, 2.05) is 20.8 Å². The van der Waals surface area contributed by atoms with Crippen molar-refractivity contribution in [3.63, 3.8) is 0 Å². The molecular formula is C8H14O3. The van der Waals surface area contributed by atoms with E-state index in [0.29, 0.717) is 0 Å². The molecule has 0 spiro atoms. The lowest BCUT2D eigenvalue weighted by Gasteiger charge is -2.12. The number of aliphatic carboxylic acids is 1. The quantitative estimate of drug-likeness (QED) is 0.590. The van der Waals surface area contributed by atoms with Gasteiger partial charge in [-0.2, -0.15) is 0 Å². The third kappa shape index (κ3) is 4.56. The lowest BCUT2D eigenvalue weighted by molar-refractivity contribution is -0.133. The monoisotopic (exact) mass is 158 g/mol. The van der Waals surface area contributed by atoms with E-state index in [1.54, 1.807) is 6.08 Å². The van der Waals surface area contributed by atoms with Crippen molar-refractivity contribution in [3.05, 3.63) is 11.6 Å². The second-order valence-corrected chi connectivity index (χ2v) is 3.50. The second kappa shape index (κ2) is 3.53. The Hall–Kier alpha value is -0.830. The lowest BCUT2D eigenvalue weighted by atomic mass is 9.94. The van der Waals surface area contributed by atoms with Gasteiger partial charge in [-0.05, 0) is 5.41 Å². The molecule has 0 aliphatic rings. The van der Waals surface area contributed by atoms with Gasteiger partial charge in [0, 0.05) is 0 Å². The van der Waals surface area contributed by atoms with Crippen molar-refractivity contribution in [1.29, 1.82) is 0 Å². The first kappa shape index (κ1) is 10.2. The van der Waals surface area contributed by atoms with Gasteiger partial charge in [0.05, 0.1) is 12.2 Å². The fraction of sp³-hybridized carbons (Fsp3) is 0.625. The smallest absolute Gasteiger partial charge is 0.333 e. The summed E-state index contributed by atoms with van der Waals surface area (Å²) in [6.45, 7) is 5.23. The predicted octanol–water partition coefficient (Wildman–Crippen LogP) is 1.04. The van der Waals surface area contributed by atoms with Crippen LogP contribution in [0.4, 0.5) is 0 Å². The summed E-state index contributed by atoms with van der Waals surface area (Å²) in [4.78, 5) is 10.4. The van der Waals surface area contributed by atoms with Crippen molar-refractivity contribution in [3.8, 4) is 0 Å². The Kier molecular flexibility index (Phi) is 3.26. The van der Waals surface area contributed by atoms with Crippen LogP contribution in [0.2, 0.25) is 0 Å². The number of aliphatic hydroxyl groups is 1. The molecule has 0 aromatic rings. The Morgan fingerprint density at radius 3 is 2.00 bits per heavy atom. The van der Waals surface area contributed by atoms with Crippen LogP contribution in [-0.4, -0.2) is 22.8 Å². The van der Waals surface area contributed by atoms with E-state index in [9.17, 15) is 4.79 Å². The summed E-state index contributed by atoms with van der Waals surface area (Å²) in [5.74, 6) is -1.05. The highest BCUT2D eigenvalue weighted by Crippen LogP contribution is 2.17. The van der Waals surface area contributed by atoms with Crippen molar-refractivity contribution in [2.45, 2.75) is 20.8 Å². The van der Waals surface area contributed by atoms with E-state index in [-0.39, 0.29) is 11.0 Å². The van der Waals surface area contributed by atoms with Crippen LogP contribution in [0.1, 0.15) is 20.8 Å². The average Bonchev–Trinajstić information content (AvgIpc) is 1.80. The molecule has 0 aromatic heterocycles. The van der Waals surface area contributed by atoms with Crippen molar-refractivity contribution in [2.75, 3.05) is 6.61 Å². The number of carboxylic acid groups (broad SMARTS) is 1. The number of hydrogen-bond acceptors (Lipinski definition) is 2. The lowest BCUT2D eigenvalue weighted by Crippen LogP contribution is -2.10. The Morgan fingerprint density at radius 1 is 1.45 bits per heavy atom. The van der Waals surface area contributed by atoms with Crippen LogP contribution in [0.15, 0.2) is 11.6 Å². The molecule has 0 fully saturated rings. The molecule has 0 aliphatic carbocycles. The molecule has 0 saturated heterocycles. The van der Waals surface area contributed by atoms with E-state index in [0.717, 1.165) is 0 Å². The van der Waals surface area contributed by atoms with Gasteiger partial charge >= 0.3 is 5.97 Å². The van der Waals surface area contributed by atoms with Crippen LogP contribution in [0.3, 0.4) is 0 Å². The topological polar surface area (TPSA) is 57.5 Å². The summed E-state index contributed by atoms with van der Waals surface area (Å²) in [5, 5.41) is 17.1. The Morgan fingerprint density at radius 2 is 1.91 bits per heavy atom. The van der Waals surface area contributed by atoms with Gasteiger partial charge in [0.2, 0.25) is 0 Å². The molecule has 3 nitrogen and oxygen atoms in total. The molecule has 0 aliphatic heterocycles. The molecule has 0 saturated carbocycles. The van der Waals surface area contributed by atoms with Gasteiger partial charge in [0.25, 0.3) is 0 Å². The number of carbonyl (C=O) groups is 1. The average molecular weight is 158 g/mol. The summed E-state index contributed by atoms with van der Waals surface area (Å²) >= 11 is 0. The first-order valence-corrected chi connectivity index (χ1v) is 3.42. The minimum absolute atomic E-state index is 0.0532.